The topological polar surface area (TPSA) is 71.2 Å². The van der Waals surface area contributed by atoms with E-state index in [1.807, 2.05) is 0 Å². The minimum atomic E-state index is -0.715. The zero-order valence-corrected chi connectivity index (χ0v) is 12.8. The second kappa shape index (κ2) is 5.75. The summed E-state index contributed by atoms with van der Waals surface area (Å²) < 4.78 is 2.15. The monoisotopic (exact) mass is 292 g/mol. The summed E-state index contributed by atoms with van der Waals surface area (Å²) in [7, 11) is 0. The molecule has 0 amide bonds. The second-order valence-corrected chi connectivity index (χ2v) is 6.54. The average molecular weight is 292 g/mol. The van der Waals surface area contributed by atoms with Crippen LogP contribution in [0.1, 0.15) is 44.8 Å². The Kier molecular flexibility index (Phi) is 3.97. The lowest BCUT2D eigenvalue weighted by atomic mass is 9.98. The summed E-state index contributed by atoms with van der Waals surface area (Å²) in [6.45, 7) is 6.40. The summed E-state index contributed by atoms with van der Waals surface area (Å²) in [5.41, 5.74) is 0. The van der Waals surface area contributed by atoms with Gasteiger partial charge in [0.1, 0.15) is 11.6 Å². The van der Waals surface area contributed by atoms with Crippen molar-refractivity contribution in [2.24, 2.45) is 5.92 Å². The van der Waals surface area contributed by atoms with Crippen molar-refractivity contribution in [2.75, 3.05) is 6.54 Å². The maximum Gasteiger partial charge on any atom is 0.307 e. The van der Waals surface area contributed by atoms with Gasteiger partial charge in [0, 0.05) is 31.5 Å². The fourth-order valence-electron chi connectivity index (χ4n) is 3.72. The van der Waals surface area contributed by atoms with E-state index in [1.54, 1.807) is 0 Å². The van der Waals surface area contributed by atoms with E-state index < -0.39 is 5.97 Å². The molecule has 3 heterocycles. The van der Waals surface area contributed by atoms with Crippen LogP contribution in [0.4, 0.5) is 0 Å². The van der Waals surface area contributed by atoms with Gasteiger partial charge in [0.25, 0.3) is 0 Å². The van der Waals surface area contributed by atoms with Gasteiger partial charge in [-0.05, 0) is 39.7 Å². The Morgan fingerprint density at radius 2 is 2.14 bits per heavy atom. The summed E-state index contributed by atoms with van der Waals surface area (Å²) in [6.07, 6.45) is 4.61. The Hall–Kier alpha value is -1.43. The Labute approximate surface area is 125 Å². The van der Waals surface area contributed by atoms with E-state index in [9.17, 15) is 4.79 Å². The summed E-state index contributed by atoms with van der Waals surface area (Å²) in [4.78, 5) is 13.6. The number of hydrogen-bond donors (Lipinski definition) is 1. The largest absolute Gasteiger partial charge is 0.481 e. The van der Waals surface area contributed by atoms with Gasteiger partial charge in [-0.1, -0.05) is 0 Å². The van der Waals surface area contributed by atoms with Crippen molar-refractivity contribution >= 4 is 5.97 Å². The number of fused-ring (bicyclic) bond motifs is 1. The van der Waals surface area contributed by atoms with Gasteiger partial charge in [-0.3, -0.25) is 9.69 Å². The van der Waals surface area contributed by atoms with Gasteiger partial charge >= 0.3 is 5.97 Å². The van der Waals surface area contributed by atoms with Crippen LogP contribution in [0, 0.1) is 5.92 Å². The molecule has 0 saturated carbocycles. The molecule has 1 N–H and O–H groups in total. The van der Waals surface area contributed by atoms with Crippen LogP contribution in [0.3, 0.4) is 0 Å². The van der Waals surface area contributed by atoms with Crippen molar-refractivity contribution in [1.82, 2.24) is 19.7 Å². The number of likely N-dealkylation sites (tertiary alicyclic amines) is 1. The Bertz CT molecular complexity index is 526. The number of carboxylic acids is 1. The molecule has 1 aromatic heterocycles. The SMILES string of the molecule is CC(C)N1CCCC1Cc1nnc2n1CCC(C(=O)O)C2. The van der Waals surface area contributed by atoms with E-state index in [2.05, 4.69) is 33.5 Å². The Morgan fingerprint density at radius 3 is 2.86 bits per heavy atom. The standard InChI is InChI=1S/C15H24N4O2/c1-10(2)18-6-3-4-12(18)9-14-17-16-13-8-11(15(20)21)5-7-19(13)14/h10-12H,3-9H2,1-2H3,(H,20,21). The molecule has 0 spiro atoms. The van der Waals surface area contributed by atoms with Crippen LogP contribution in [0.15, 0.2) is 0 Å². The molecule has 1 fully saturated rings. The van der Waals surface area contributed by atoms with Crippen molar-refractivity contribution in [2.45, 2.75) is 64.6 Å². The van der Waals surface area contributed by atoms with Gasteiger partial charge in [0.2, 0.25) is 0 Å². The predicted octanol–water partition coefficient (Wildman–Crippen LogP) is 1.34. The molecular formula is C15H24N4O2. The van der Waals surface area contributed by atoms with Crippen LogP contribution in [0.2, 0.25) is 0 Å². The van der Waals surface area contributed by atoms with Crippen molar-refractivity contribution in [3.8, 4) is 0 Å². The van der Waals surface area contributed by atoms with Gasteiger partial charge in [0.05, 0.1) is 5.92 Å². The first-order valence-electron chi connectivity index (χ1n) is 7.95. The molecule has 0 aromatic carbocycles. The normalized spacial score (nSPS) is 26.2. The molecule has 6 heteroatoms. The molecule has 0 aliphatic carbocycles. The number of aromatic nitrogens is 3. The highest BCUT2D eigenvalue weighted by atomic mass is 16.4. The molecule has 3 rings (SSSR count). The minimum absolute atomic E-state index is 0.298. The van der Waals surface area contributed by atoms with Crippen LogP contribution in [-0.2, 0) is 24.2 Å². The third-order valence-electron chi connectivity index (χ3n) is 4.89. The van der Waals surface area contributed by atoms with Crippen LogP contribution < -0.4 is 0 Å². The number of aliphatic carboxylic acids is 1. The number of rotatable bonds is 4. The molecule has 2 unspecified atom stereocenters. The molecule has 2 aliphatic heterocycles. The molecule has 6 nitrogen and oxygen atoms in total. The Balaban J connectivity index is 1.72. The lowest BCUT2D eigenvalue weighted by Crippen LogP contribution is -2.37. The number of carboxylic acid groups (broad SMARTS) is 1. The third-order valence-corrected chi connectivity index (χ3v) is 4.89. The van der Waals surface area contributed by atoms with Crippen LogP contribution >= 0.6 is 0 Å². The maximum absolute atomic E-state index is 11.1. The van der Waals surface area contributed by atoms with Crippen molar-refractivity contribution in [1.29, 1.82) is 0 Å². The molecular weight excluding hydrogens is 268 g/mol. The van der Waals surface area contributed by atoms with E-state index in [0.29, 0.717) is 24.9 Å². The number of hydrogen-bond acceptors (Lipinski definition) is 4. The van der Waals surface area contributed by atoms with E-state index in [4.69, 9.17) is 5.11 Å². The van der Waals surface area contributed by atoms with Gasteiger partial charge in [-0.25, -0.2) is 0 Å². The Morgan fingerprint density at radius 1 is 1.33 bits per heavy atom. The molecule has 1 aromatic rings. The maximum atomic E-state index is 11.1. The molecule has 2 atom stereocenters. The highest BCUT2D eigenvalue weighted by Gasteiger charge is 2.31. The summed E-state index contributed by atoms with van der Waals surface area (Å²) in [6, 6.07) is 1.12. The summed E-state index contributed by atoms with van der Waals surface area (Å²) in [5, 5.41) is 17.7. The van der Waals surface area contributed by atoms with Gasteiger partial charge in [-0.15, -0.1) is 10.2 Å². The second-order valence-electron chi connectivity index (χ2n) is 6.54. The quantitative estimate of drug-likeness (QED) is 0.907. The number of nitrogens with zero attached hydrogens (tertiary/aromatic N) is 4. The fourth-order valence-corrected chi connectivity index (χ4v) is 3.72. The lowest BCUT2D eigenvalue weighted by molar-refractivity contribution is -0.142. The molecule has 1 saturated heterocycles. The van der Waals surface area contributed by atoms with E-state index >= 15 is 0 Å². The molecule has 0 radical (unpaired) electrons. The van der Waals surface area contributed by atoms with Gasteiger partial charge < -0.3 is 9.67 Å². The zero-order valence-electron chi connectivity index (χ0n) is 12.8. The van der Waals surface area contributed by atoms with Crippen molar-refractivity contribution in [3.05, 3.63) is 11.6 Å². The highest BCUT2D eigenvalue weighted by Crippen LogP contribution is 2.25. The lowest BCUT2D eigenvalue weighted by Gasteiger charge is -2.28. The summed E-state index contributed by atoms with van der Waals surface area (Å²) >= 11 is 0. The smallest absolute Gasteiger partial charge is 0.307 e. The van der Waals surface area contributed by atoms with Crippen LogP contribution in [-0.4, -0.2) is 49.4 Å². The zero-order chi connectivity index (χ0) is 15.0. The van der Waals surface area contributed by atoms with Crippen molar-refractivity contribution in [3.63, 3.8) is 0 Å². The highest BCUT2D eigenvalue weighted by molar-refractivity contribution is 5.70. The molecule has 0 bridgehead atoms. The molecule has 116 valence electrons. The first-order valence-corrected chi connectivity index (χ1v) is 7.95. The van der Waals surface area contributed by atoms with E-state index in [0.717, 1.165) is 24.6 Å². The van der Waals surface area contributed by atoms with Crippen LogP contribution in [0.5, 0.6) is 0 Å². The molecule has 2 aliphatic rings. The summed E-state index contributed by atoms with van der Waals surface area (Å²) in [5.74, 6) is 0.866. The van der Waals surface area contributed by atoms with Gasteiger partial charge in [-0.2, -0.15) is 0 Å². The minimum Gasteiger partial charge on any atom is -0.481 e. The first-order chi connectivity index (χ1) is 10.1. The number of carbonyl (C=O) groups is 1. The van der Waals surface area contributed by atoms with Crippen molar-refractivity contribution < 1.29 is 9.90 Å². The van der Waals surface area contributed by atoms with E-state index in [1.165, 1.54) is 19.4 Å². The third kappa shape index (κ3) is 2.81. The predicted molar refractivity (Wildman–Crippen MR) is 78.0 cm³/mol. The molecule has 21 heavy (non-hydrogen) atoms. The van der Waals surface area contributed by atoms with Gasteiger partial charge in [0.15, 0.2) is 0 Å². The van der Waals surface area contributed by atoms with E-state index in [-0.39, 0.29) is 5.92 Å². The van der Waals surface area contributed by atoms with Crippen LogP contribution in [0.25, 0.3) is 0 Å². The first kappa shape index (κ1) is 14.5. The fraction of sp³-hybridized carbons (Fsp3) is 0.800. The average Bonchev–Trinajstić information content (AvgIpc) is 3.06.